The first-order valence-electron chi connectivity index (χ1n) is 5.52. The first-order chi connectivity index (χ1) is 8.73. The van der Waals surface area contributed by atoms with Crippen LogP contribution in [0.4, 0.5) is 27.6 Å². The van der Waals surface area contributed by atoms with Gasteiger partial charge in [-0.15, -0.1) is 0 Å². The summed E-state index contributed by atoms with van der Waals surface area (Å²) in [5.41, 5.74) is -1.09. The molecule has 19 heavy (non-hydrogen) atoms. The Morgan fingerprint density at radius 3 is 2.42 bits per heavy atom. The fourth-order valence-corrected chi connectivity index (χ4v) is 2.05. The number of nitrogens with zero attached hydrogens (tertiary/aromatic N) is 1. The van der Waals surface area contributed by atoms with E-state index in [1.165, 1.54) is 4.90 Å². The molecule has 0 radical (unpaired) electrons. The van der Waals surface area contributed by atoms with Crippen molar-refractivity contribution in [3.8, 4) is 0 Å². The molecule has 2 rings (SSSR count). The fourth-order valence-electron chi connectivity index (χ4n) is 2.05. The van der Waals surface area contributed by atoms with Gasteiger partial charge in [-0.05, 0) is 18.2 Å². The van der Waals surface area contributed by atoms with Gasteiger partial charge < -0.3 is 4.90 Å². The van der Waals surface area contributed by atoms with Gasteiger partial charge in [-0.1, -0.05) is 0 Å². The Hall–Kier alpha value is -1.66. The predicted molar refractivity (Wildman–Crippen MR) is 58.6 cm³/mol. The lowest BCUT2D eigenvalue weighted by atomic mass is 10.1. The number of hydrogen-bond acceptors (Lipinski definition) is 2. The monoisotopic (exact) mass is 279 g/mol. The quantitative estimate of drug-likeness (QED) is 0.611. The zero-order chi connectivity index (χ0) is 14.3. The highest BCUT2D eigenvalue weighted by Crippen LogP contribution is 2.35. The summed E-state index contributed by atoms with van der Waals surface area (Å²) in [5.74, 6) is -2.87. The minimum atomic E-state index is -4.56. The third kappa shape index (κ3) is 2.85. The van der Waals surface area contributed by atoms with Gasteiger partial charge in [0.25, 0.3) is 5.92 Å². The molecule has 104 valence electrons. The first-order valence-corrected chi connectivity index (χ1v) is 5.52. The lowest BCUT2D eigenvalue weighted by Gasteiger charge is -2.21. The van der Waals surface area contributed by atoms with Crippen LogP contribution in [0.15, 0.2) is 18.2 Å². The smallest absolute Gasteiger partial charge is 0.365 e. The van der Waals surface area contributed by atoms with Crippen LogP contribution in [0.2, 0.25) is 0 Å². The van der Waals surface area contributed by atoms with Crippen molar-refractivity contribution < 1.29 is 26.7 Å². The number of alkyl halides is 5. The van der Waals surface area contributed by atoms with E-state index in [9.17, 15) is 26.7 Å². The van der Waals surface area contributed by atoms with Crippen LogP contribution in [0.3, 0.4) is 0 Å². The summed E-state index contributed by atoms with van der Waals surface area (Å²) >= 11 is 0. The van der Waals surface area contributed by atoms with Crippen molar-refractivity contribution in [3.05, 3.63) is 29.3 Å². The van der Waals surface area contributed by atoms with Crippen LogP contribution in [-0.4, -0.2) is 25.3 Å². The predicted octanol–water partition coefficient (Wildman–Crippen LogP) is 3.36. The maximum Gasteiger partial charge on any atom is 0.416 e. The molecule has 0 bridgehead atoms. The molecular formula is C12H10F5NO. The first kappa shape index (κ1) is 13.8. The normalized spacial score (nSPS) is 18.7. The van der Waals surface area contributed by atoms with Crippen LogP contribution in [0.1, 0.15) is 22.3 Å². The van der Waals surface area contributed by atoms with E-state index in [1.54, 1.807) is 0 Å². The van der Waals surface area contributed by atoms with Gasteiger partial charge in [0.2, 0.25) is 0 Å². The third-order valence-corrected chi connectivity index (χ3v) is 2.99. The van der Waals surface area contributed by atoms with E-state index in [1.807, 2.05) is 0 Å². The topological polar surface area (TPSA) is 20.3 Å². The van der Waals surface area contributed by atoms with Gasteiger partial charge in [0.15, 0.2) is 6.29 Å². The number of aldehydes is 1. The molecule has 0 atom stereocenters. The molecule has 1 aliphatic rings. The van der Waals surface area contributed by atoms with Crippen molar-refractivity contribution in [3.63, 3.8) is 0 Å². The van der Waals surface area contributed by atoms with Gasteiger partial charge in [0.05, 0.1) is 12.1 Å². The second-order valence-electron chi connectivity index (χ2n) is 4.42. The molecule has 1 aliphatic heterocycles. The standard InChI is InChI=1S/C12H10F5NO/c13-11(14)3-4-18(7-11)10-2-1-9(12(15,16)17)5-8(10)6-19/h1-2,5-6H,3-4,7H2. The van der Waals surface area contributed by atoms with Crippen LogP contribution in [-0.2, 0) is 6.18 Å². The number of rotatable bonds is 2. The minimum Gasteiger partial charge on any atom is -0.365 e. The average molecular weight is 279 g/mol. The second kappa shape index (κ2) is 4.47. The molecule has 7 heteroatoms. The molecule has 0 spiro atoms. The molecule has 0 aliphatic carbocycles. The number of halogens is 5. The van der Waals surface area contributed by atoms with E-state index >= 15 is 0 Å². The highest BCUT2D eigenvalue weighted by atomic mass is 19.4. The molecule has 0 unspecified atom stereocenters. The summed E-state index contributed by atoms with van der Waals surface area (Å²) in [6.45, 7) is -0.571. The van der Waals surface area contributed by atoms with Gasteiger partial charge in [-0.25, -0.2) is 8.78 Å². The zero-order valence-corrected chi connectivity index (χ0v) is 9.68. The fraction of sp³-hybridized carbons (Fsp3) is 0.417. The Morgan fingerprint density at radius 2 is 1.95 bits per heavy atom. The number of hydrogen-bond donors (Lipinski definition) is 0. The van der Waals surface area contributed by atoms with E-state index in [2.05, 4.69) is 0 Å². The van der Waals surface area contributed by atoms with Crippen molar-refractivity contribution in [1.29, 1.82) is 0 Å². The van der Waals surface area contributed by atoms with Gasteiger partial charge >= 0.3 is 6.18 Å². The number of anilines is 1. The highest BCUT2D eigenvalue weighted by molar-refractivity contribution is 5.85. The minimum absolute atomic E-state index is 0.0131. The number of carbonyl (C=O) groups is 1. The van der Waals surface area contributed by atoms with E-state index in [0.29, 0.717) is 6.07 Å². The Labute approximate surface area is 105 Å². The summed E-state index contributed by atoms with van der Waals surface area (Å²) in [6.07, 6.45) is -4.68. The largest absolute Gasteiger partial charge is 0.416 e. The Morgan fingerprint density at radius 1 is 1.26 bits per heavy atom. The molecule has 0 amide bonds. The molecule has 1 saturated heterocycles. The van der Waals surface area contributed by atoms with Crippen LogP contribution in [0, 0.1) is 0 Å². The van der Waals surface area contributed by atoms with Crippen molar-refractivity contribution in [1.82, 2.24) is 0 Å². The summed E-state index contributed by atoms with van der Waals surface area (Å²) in [5, 5.41) is 0. The van der Waals surface area contributed by atoms with Crippen molar-refractivity contribution in [2.45, 2.75) is 18.5 Å². The zero-order valence-electron chi connectivity index (χ0n) is 9.68. The van der Waals surface area contributed by atoms with E-state index in [4.69, 9.17) is 0 Å². The molecule has 0 N–H and O–H groups in total. The van der Waals surface area contributed by atoms with Gasteiger partial charge in [-0.2, -0.15) is 13.2 Å². The van der Waals surface area contributed by atoms with Crippen molar-refractivity contribution in [2.24, 2.45) is 0 Å². The Balaban J connectivity index is 2.35. The molecule has 1 fully saturated rings. The Kier molecular flexibility index (Phi) is 3.24. The SMILES string of the molecule is O=Cc1cc(C(F)(F)F)ccc1N1CCC(F)(F)C1. The van der Waals surface area contributed by atoms with Gasteiger partial charge in [0.1, 0.15) is 0 Å². The van der Waals surface area contributed by atoms with Crippen LogP contribution in [0.25, 0.3) is 0 Å². The molecule has 1 aromatic rings. The lowest BCUT2D eigenvalue weighted by Crippen LogP contribution is -2.25. The van der Waals surface area contributed by atoms with Crippen molar-refractivity contribution in [2.75, 3.05) is 18.0 Å². The molecule has 1 aromatic carbocycles. The summed E-state index contributed by atoms with van der Waals surface area (Å²) in [6, 6.07) is 2.53. The maximum atomic E-state index is 13.1. The highest BCUT2D eigenvalue weighted by Gasteiger charge is 2.39. The lowest BCUT2D eigenvalue weighted by molar-refractivity contribution is -0.137. The maximum absolute atomic E-state index is 13.1. The third-order valence-electron chi connectivity index (χ3n) is 2.99. The van der Waals surface area contributed by atoms with Crippen LogP contribution in [0.5, 0.6) is 0 Å². The molecule has 0 aromatic heterocycles. The summed E-state index contributed by atoms with van der Waals surface area (Å²) in [4.78, 5) is 12.1. The number of carbonyl (C=O) groups excluding carboxylic acids is 1. The van der Waals surface area contributed by atoms with Crippen molar-refractivity contribution >= 4 is 12.0 Å². The van der Waals surface area contributed by atoms with E-state index in [0.717, 1.165) is 12.1 Å². The van der Waals surface area contributed by atoms with Gasteiger partial charge in [-0.3, -0.25) is 4.79 Å². The molecular weight excluding hydrogens is 269 g/mol. The second-order valence-corrected chi connectivity index (χ2v) is 4.42. The van der Waals surface area contributed by atoms with E-state index in [-0.39, 0.29) is 30.5 Å². The van der Waals surface area contributed by atoms with Gasteiger partial charge in [0, 0.05) is 24.2 Å². The molecule has 1 heterocycles. The molecule has 2 nitrogen and oxygen atoms in total. The Bertz CT molecular complexity index is 497. The summed E-state index contributed by atoms with van der Waals surface area (Å²) < 4.78 is 63.6. The van der Waals surface area contributed by atoms with Crippen LogP contribution < -0.4 is 4.90 Å². The average Bonchev–Trinajstić information content (AvgIpc) is 2.67. The van der Waals surface area contributed by atoms with Crippen LogP contribution >= 0.6 is 0 Å². The van der Waals surface area contributed by atoms with E-state index < -0.39 is 24.2 Å². The number of benzene rings is 1. The molecule has 0 saturated carbocycles. The summed E-state index contributed by atoms with van der Waals surface area (Å²) in [7, 11) is 0.